The van der Waals surface area contributed by atoms with Crippen LogP contribution in [0.5, 0.6) is 0 Å². The number of halogens is 4. The van der Waals surface area contributed by atoms with Gasteiger partial charge in [0.15, 0.2) is 0 Å². The molecule has 0 radical (unpaired) electrons. The minimum Gasteiger partial charge on any atom is -0.385 e. The van der Waals surface area contributed by atoms with Gasteiger partial charge >= 0.3 is 6.18 Å². The van der Waals surface area contributed by atoms with Gasteiger partial charge in [-0.2, -0.15) is 13.2 Å². The lowest BCUT2D eigenvalue weighted by Crippen LogP contribution is -2.35. The predicted octanol–water partition coefficient (Wildman–Crippen LogP) is 5.56. The average molecular weight is 488 g/mol. The summed E-state index contributed by atoms with van der Waals surface area (Å²) < 4.78 is 55.3. The van der Waals surface area contributed by atoms with Crippen LogP contribution >= 0.6 is 0 Å². The molecule has 0 fully saturated rings. The Morgan fingerprint density at radius 1 is 1.14 bits per heavy atom. The van der Waals surface area contributed by atoms with Crippen LogP contribution in [0.2, 0.25) is 0 Å². The van der Waals surface area contributed by atoms with Crippen molar-refractivity contribution in [1.82, 2.24) is 16.0 Å². The van der Waals surface area contributed by atoms with E-state index < -0.39 is 23.7 Å². The number of nitrogens with one attached hydrogen (secondary N) is 4. The molecule has 0 aromatic heterocycles. The fourth-order valence-corrected chi connectivity index (χ4v) is 4.32. The second-order valence-electron chi connectivity index (χ2n) is 8.54. The SMILES string of the molecule is C=C(NC1=NC(c2ccccc2C(F)(F)F)NC2=C1CCNCC2)c1cc(F)ccc1NCCC. The summed E-state index contributed by atoms with van der Waals surface area (Å²) in [5.41, 5.74) is 2.71. The Morgan fingerprint density at radius 3 is 2.69 bits per heavy atom. The van der Waals surface area contributed by atoms with Crippen LogP contribution in [0.25, 0.3) is 5.70 Å². The molecule has 1 unspecified atom stereocenters. The largest absolute Gasteiger partial charge is 0.416 e. The maximum Gasteiger partial charge on any atom is 0.416 e. The molecule has 5 nitrogen and oxygen atoms in total. The molecular weight excluding hydrogens is 458 g/mol. The van der Waals surface area contributed by atoms with Gasteiger partial charge in [-0.25, -0.2) is 9.38 Å². The van der Waals surface area contributed by atoms with Gasteiger partial charge in [0.05, 0.1) is 5.56 Å². The topological polar surface area (TPSA) is 60.5 Å². The summed E-state index contributed by atoms with van der Waals surface area (Å²) in [7, 11) is 0. The minimum absolute atomic E-state index is 0.0460. The zero-order valence-electron chi connectivity index (χ0n) is 19.5. The van der Waals surface area contributed by atoms with Crippen molar-refractivity contribution < 1.29 is 17.6 Å². The first kappa shape index (κ1) is 24.8. The molecule has 0 amide bonds. The molecule has 2 aliphatic rings. The first-order valence-corrected chi connectivity index (χ1v) is 11.7. The van der Waals surface area contributed by atoms with Crippen LogP contribution in [0, 0.1) is 5.82 Å². The molecule has 2 aromatic rings. The average Bonchev–Trinajstić information content (AvgIpc) is 3.08. The Bertz CT molecular complexity index is 1150. The lowest BCUT2D eigenvalue weighted by atomic mass is 10.00. The van der Waals surface area contributed by atoms with Crippen LogP contribution in [-0.2, 0) is 6.18 Å². The third kappa shape index (κ3) is 5.67. The van der Waals surface area contributed by atoms with Gasteiger partial charge in [-0.05, 0) is 43.7 Å². The first-order chi connectivity index (χ1) is 16.8. The molecule has 9 heteroatoms. The molecule has 1 atom stereocenters. The minimum atomic E-state index is -4.51. The van der Waals surface area contributed by atoms with E-state index in [1.54, 1.807) is 12.1 Å². The highest BCUT2D eigenvalue weighted by Gasteiger charge is 2.36. The predicted molar refractivity (Wildman–Crippen MR) is 131 cm³/mol. The second-order valence-corrected chi connectivity index (χ2v) is 8.54. The lowest BCUT2D eigenvalue weighted by molar-refractivity contribution is -0.138. The van der Waals surface area contributed by atoms with Gasteiger partial charge in [-0.15, -0.1) is 0 Å². The molecule has 0 spiro atoms. The highest BCUT2D eigenvalue weighted by atomic mass is 19.4. The van der Waals surface area contributed by atoms with Crippen LogP contribution in [-0.4, -0.2) is 25.5 Å². The Kier molecular flexibility index (Phi) is 7.45. The maximum absolute atomic E-state index is 14.1. The first-order valence-electron chi connectivity index (χ1n) is 11.7. The van der Waals surface area contributed by atoms with Gasteiger partial charge in [-0.3, -0.25) is 0 Å². The van der Waals surface area contributed by atoms with Gasteiger partial charge in [0.2, 0.25) is 0 Å². The zero-order chi connectivity index (χ0) is 25.0. The van der Waals surface area contributed by atoms with E-state index in [2.05, 4.69) is 32.8 Å². The number of amidine groups is 1. The summed E-state index contributed by atoms with van der Waals surface area (Å²) in [6.07, 6.45) is -3.29. The van der Waals surface area contributed by atoms with Crippen LogP contribution in [0.15, 0.2) is 65.3 Å². The van der Waals surface area contributed by atoms with E-state index in [1.165, 1.54) is 24.3 Å². The van der Waals surface area contributed by atoms with Gasteiger partial charge in [0.1, 0.15) is 17.8 Å². The Balaban J connectivity index is 1.72. The van der Waals surface area contributed by atoms with Crippen molar-refractivity contribution >= 4 is 17.2 Å². The summed E-state index contributed by atoms with van der Waals surface area (Å²) in [5.74, 6) is 0.0351. The van der Waals surface area contributed by atoms with Crippen LogP contribution < -0.4 is 21.3 Å². The van der Waals surface area contributed by atoms with Crippen molar-refractivity contribution in [2.45, 2.75) is 38.5 Å². The van der Waals surface area contributed by atoms with E-state index in [4.69, 9.17) is 0 Å². The Hall–Kier alpha value is -3.33. The van der Waals surface area contributed by atoms with Gasteiger partial charge < -0.3 is 21.3 Å². The van der Waals surface area contributed by atoms with E-state index in [1.807, 2.05) is 6.92 Å². The molecule has 4 N–H and O–H groups in total. The normalized spacial score (nSPS) is 18.2. The smallest absolute Gasteiger partial charge is 0.385 e. The summed E-state index contributed by atoms with van der Waals surface area (Å²) in [6, 6.07) is 9.86. The van der Waals surface area contributed by atoms with Gasteiger partial charge in [0, 0.05) is 53.3 Å². The zero-order valence-corrected chi connectivity index (χ0v) is 19.5. The van der Waals surface area contributed by atoms with Crippen molar-refractivity contribution in [3.8, 4) is 0 Å². The summed E-state index contributed by atoms with van der Waals surface area (Å²) in [5, 5.41) is 13.0. The molecule has 2 aromatic carbocycles. The molecule has 186 valence electrons. The number of aliphatic imine (C=N–C) groups is 1. The molecule has 0 saturated carbocycles. The van der Waals surface area contributed by atoms with E-state index >= 15 is 0 Å². The quantitative estimate of drug-likeness (QED) is 0.403. The lowest BCUT2D eigenvalue weighted by Gasteiger charge is -2.30. The van der Waals surface area contributed by atoms with E-state index in [0.717, 1.165) is 29.4 Å². The number of anilines is 1. The Morgan fingerprint density at radius 2 is 1.91 bits per heavy atom. The van der Waals surface area contributed by atoms with E-state index in [0.29, 0.717) is 49.6 Å². The fraction of sp³-hybridized carbons (Fsp3) is 0.346. The second kappa shape index (κ2) is 10.5. The molecule has 4 rings (SSSR count). The Labute approximate surface area is 202 Å². The van der Waals surface area contributed by atoms with Crippen molar-refractivity contribution in [2.75, 3.05) is 25.0 Å². The maximum atomic E-state index is 14.1. The van der Waals surface area contributed by atoms with E-state index in [9.17, 15) is 17.6 Å². The van der Waals surface area contributed by atoms with Gasteiger partial charge in [0.25, 0.3) is 0 Å². The summed E-state index contributed by atoms with van der Waals surface area (Å²) in [6.45, 7) is 8.24. The third-order valence-corrected chi connectivity index (χ3v) is 6.03. The number of nitrogens with zero attached hydrogens (tertiary/aromatic N) is 1. The number of hydrogen-bond donors (Lipinski definition) is 4. The molecular formula is C26H29F4N5. The monoisotopic (exact) mass is 487 g/mol. The fourth-order valence-electron chi connectivity index (χ4n) is 4.32. The van der Waals surface area contributed by atoms with Crippen molar-refractivity contribution in [3.63, 3.8) is 0 Å². The van der Waals surface area contributed by atoms with Crippen LogP contribution in [0.1, 0.15) is 49.0 Å². The highest BCUT2D eigenvalue weighted by Crippen LogP contribution is 2.37. The highest BCUT2D eigenvalue weighted by molar-refractivity contribution is 6.04. The van der Waals surface area contributed by atoms with Crippen molar-refractivity contribution in [3.05, 3.63) is 82.8 Å². The summed E-state index contributed by atoms with van der Waals surface area (Å²) in [4.78, 5) is 4.67. The molecule has 0 aliphatic carbocycles. The number of rotatable bonds is 6. The van der Waals surface area contributed by atoms with Crippen molar-refractivity contribution in [1.29, 1.82) is 0 Å². The number of hydrogen-bond acceptors (Lipinski definition) is 5. The summed E-state index contributed by atoms with van der Waals surface area (Å²) >= 11 is 0. The molecule has 0 saturated heterocycles. The van der Waals surface area contributed by atoms with Crippen molar-refractivity contribution in [2.24, 2.45) is 4.99 Å². The third-order valence-electron chi connectivity index (χ3n) is 6.03. The molecule has 2 heterocycles. The number of benzene rings is 2. The standard InChI is InChI=1S/C26H29F4N5/c1-3-12-32-22-9-8-17(27)15-20(22)16(2)33-25-19-10-13-31-14-11-23(19)34-24(35-25)18-6-4-5-7-21(18)26(28,29)30/h4-9,15,24,31-32,34H,2-3,10-14H2,1H3,(H,33,35). The number of alkyl halides is 3. The van der Waals surface area contributed by atoms with Crippen LogP contribution in [0.3, 0.4) is 0 Å². The molecule has 2 aliphatic heterocycles. The van der Waals surface area contributed by atoms with E-state index in [-0.39, 0.29) is 5.56 Å². The van der Waals surface area contributed by atoms with Gasteiger partial charge in [-0.1, -0.05) is 31.7 Å². The molecule has 0 bridgehead atoms. The van der Waals surface area contributed by atoms with Crippen LogP contribution in [0.4, 0.5) is 23.2 Å². The molecule has 35 heavy (non-hydrogen) atoms.